The summed E-state index contributed by atoms with van der Waals surface area (Å²) in [5.41, 5.74) is 1.24. The van der Waals surface area contributed by atoms with Crippen molar-refractivity contribution >= 4 is 12.9 Å². The van der Waals surface area contributed by atoms with Gasteiger partial charge in [-0.3, -0.25) is 0 Å². The highest BCUT2D eigenvalue weighted by Crippen LogP contribution is 2.01. The Kier molecular flexibility index (Phi) is 1.24. The van der Waals surface area contributed by atoms with Crippen LogP contribution in [0.1, 0.15) is 13.3 Å². The molecule has 0 aliphatic carbocycles. The highest BCUT2D eigenvalue weighted by molar-refractivity contribution is 5.78. The van der Waals surface area contributed by atoms with Gasteiger partial charge >= 0.3 is 0 Å². The molecule has 1 aliphatic heterocycles. The molecule has 1 heterocycles. The Morgan fingerprint density at radius 2 is 2.62 bits per heavy atom. The van der Waals surface area contributed by atoms with Gasteiger partial charge in [-0.15, -0.1) is 0 Å². The Hall–Kier alpha value is -0.920. The van der Waals surface area contributed by atoms with Gasteiger partial charge in [0.1, 0.15) is 6.21 Å². The number of rotatable bonds is 1. The predicted octanol–water partition coefficient (Wildman–Crippen LogP) is 0.993. The summed E-state index contributed by atoms with van der Waals surface area (Å²) >= 11 is 0. The molecule has 1 rings (SSSR count). The quantitative estimate of drug-likeness (QED) is 0.446. The fourth-order valence-electron chi connectivity index (χ4n) is 0.589. The molecule has 0 spiro atoms. The smallest absolute Gasteiger partial charge is 0.0664 e. The molecule has 0 aromatic rings. The third-order valence-electron chi connectivity index (χ3n) is 1.09. The maximum Gasteiger partial charge on any atom is 0.206 e. The normalized spacial score (nSPS) is 17.1. The van der Waals surface area contributed by atoms with Crippen LogP contribution in [0.5, 0.6) is 0 Å². The van der Waals surface area contributed by atoms with Gasteiger partial charge in [0.2, 0.25) is 6.20 Å². The van der Waals surface area contributed by atoms with Gasteiger partial charge in [-0.25, -0.2) is 0 Å². The average Bonchev–Trinajstić information content (AvgIpc) is 2.14. The molecule has 0 atom stereocenters. The van der Waals surface area contributed by atoms with Crippen molar-refractivity contribution in [3.8, 4) is 0 Å². The van der Waals surface area contributed by atoms with E-state index in [9.17, 15) is 0 Å². The molecule has 2 nitrogen and oxygen atoms in total. The van der Waals surface area contributed by atoms with Gasteiger partial charge in [0, 0.05) is 5.57 Å². The molecular weight excluding hydrogens is 100 g/mol. The Bertz CT molecular complexity index is 165. The molecule has 0 radical (unpaired) electrons. The van der Waals surface area contributed by atoms with Crippen LogP contribution in [0.4, 0.5) is 0 Å². The van der Waals surface area contributed by atoms with Gasteiger partial charge in [0.15, 0.2) is 6.72 Å². The fourth-order valence-corrected chi connectivity index (χ4v) is 0.589. The zero-order chi connectivity index (χ0) is 5.98. The Labute approximate surface area is 48.8 Å². The van der Waals surface area contributed by atoms with Gasteiger partial charge in [0.05, 0.1) is 0 Å². The van der Waals surface area contributed by atoms with Crippen molar-refractivity contribution in [2.45, 2.75) is 13.3 Å². The molecule has 8 heavy (non-hydrogen) atoms. The van der Waals surface area contributed by atoms with Crippen LogP contribution in [0, 0.1) is 0 Å². The minimum absolute atomic E-state index is 1.04. The lowest BCUT2D eigenvalue weighted by Crippen LogP contribution is -1.81. The van der Waals surface area contributed by atoms with E-state index >= 15 is 0 Å². The van der Waals surface area contributed by atoms with Crippen LogP contribution in [0.3, 0.4) is 0 Å². The summed E-state index contributed by atoms with van der Waals surface area (Å²) in [6.07, 6.45) is 4.78. The van der Waals surface area contributed by atoms with E-state index < -0.39 is 0 Å². The first-order valence-electron chi connectivity index (χ1n) is 2.67. The monoisotopic (exact) mass is 109 g/mol. The maximum absolute atomic E-state index is 3.89. The molecule has 0 aromatic heterocycles. The molecule has 0 unspecified atom stereocenters. The summed E-state index contributed by atoms with van der Waals surface area (Å²) in [6, 6.07) is 0. The largest absolute Gasteiger partial charge is 0.206 e. The second-order valence-electron chi connectivity index (χ2n) is 1.74. The van der Waals surface area contributed by atoms with Crippen molar-refractivity contribution in [1.82, 2.24) is 0 Å². The summed E-state index contributed by atoms with van der Waals surface area (Å²) in [5.74, 6) is 0. The Morgan fingerprint density at radius 3 is 2.88 bits per heavy atom. The first-order chi connectivity index (χ1) is 3.83. The summed E-state index contributed by atoms with van der Waals surface area (Å²) in [6.45, 7) is 5.69. The number of hydrogen-bond donors (Lipinski definition) is 0. The minimum atomic E-state index is 1.04. The molecule has 1 aliphatic rings. The SMILES string of the molecule is C=[N+]1C=C(CC)C=N1. The van der Waals surface area contributed by atoms with Gasteiger partial charge in [-0.05, 0) is 11.5 Å². The van der Waals surface area contributed by atoms with Crippen LogP contribution in [0.2, 0.25) is 0 Å². The number of hydrazone groups is 1. The topological polar surface area (TPSA) is 15.4 Å². The van der Waals surface area contributed by atoms with Gasteiger partial charge in [-0.2, -0.15) is 0 Å². The average molecular weight is 109 g/mol. The number of allylic oxidation sites excluding steroid dienone is 1. The Morgan fingerprint density at radius 1 is 1.88 bits per heavy atom. The van der Waals surface area contributed by atoms with E-state index in [0.29, 0.717) is 0 Å². The van der Waals surface area contributed by atoms with Crippen LogP contribution in [0.25, 0.3) is 0 Å². The molecule has 0 N–H and O–H groups in total. The molecule has 0 saturated heterocycles. The molecule has 0 bridgehead atoms. The third-order valence-corrected chi connectivity index (χ3v) is 1.09. The van der Waals surface area contributed by atoms with E-state index in [-0.39, 0.29) is 0 Å². The molecule has 0 amide bonds. The number of nitrogens with zero attached hydrogens (tertiary/aromatic N) is 2. The molecule has 42 valence electrons. The molecule has 0 fully saturated rings. The van der Waals surface area contributed by atoms with Crippen molar-refractivity contribution in [1.29, 1.82) is 0 Å². The Balaban J connectivity index is 2.72. The highest BCUT2D eigenvalue weighted by atomic mass is 15.4. The van der Waals surface area contributed by atoms with Crippen molar-refractivity contribution in [3.05, 3.63) is 11.8 Å². The first kappa shape index (κ1) is 5.22. The van der Waals surface area contributed by atoms with Crippen LogP contribution >= 0.6 is 0 Å². The van der Waals surface area contributed by atoms with Crippen molar-refractivity contribution < 1.29 is 4.68 Å². The lowest BCUT2D eigenvalue weighted by atomic mass is 10.2. The minimum Gasteiger partial charge on any atom is -0.0664 e. The van der Waals surface area contributed by atoms with Crippen molar-refractivity contribution in [2.24, 2.45) is 5.10 Å². The summed E-state index contributed by atoms with van der Waals surface area (Å²) in [7, 11) is 0. The molecule has 0 aromatic carbocycles. The molecule has 0 saturated carbocycles. The molecular formula is C6H9N2+. The molecule has 2 heteroatoms. The zero-order valence-corrected chi connectivity index (χ0v) is 4.96. The van der Waals surface area contributed by atoms with E-state index in [0.717, 1.165) is 6.42 Å². The summed E-state index contributed by atoms with van der Waals surface area (Å²) < 4.78 is 1.57. The third kappa shape index (κ3) is 0.832. The van der Waals surface area contributed by atoms with Crippen LogP contribution < -0.4 is 0 Å². The standard InChI is InChI=1S/C6H9N2/c1-3-6-4-7-8(2)5-6/h4-5H,2-3H2,1H3/q+1. The fraction of sp³-hybridized carbons (Fsp3) is 0.333. The summed E-state index contributed by atoms with van der Waals surface area (Å²) in [5, 5.41) is 3.89. The van der Waals surface area contributed by atoms with Crippen LogP contribution in [-0.2, 0) is 0 Å². The van der Waals surface area contributed by atoms with E-state index in [4.69, 9.17) is 0 Å². The van der Waals surface area contributed by atoms with E-state index in [1.54, 1.807) is 4.68 Å². The van der Waals surface area contributed by atoms with E-state index in [1.165, 1.54) is 5.57 Å². The van der Waals surface area contributed by atoms with Crippen LogP contribution in [0.15, 0.2) is 16.9 Å². The maximum atomic E-state index is 3.89. The number of hydrogen-bond acceptors (Lipinski definition) is 1. The first-order valence-corrected chi connectivity index (χ1v) is 2.67. The second-order valence-corrected chi connectivity index (χ2v) is 1.74. The predicted molar refractivity (Wildman–Crippen MR) is 34.2 cm³/mol. The lowest BCUT2D eigenvalue weighted by molar-refractivity contribution is -0.448. The second kappa shape index (κ2) is 1.90. The van der Waals surface area contributed by atoms with E-state index in [1.807, 2.05) is 12.4 Å². The van der Waals surface area contributed by atoms with Gasteiger partial charge in [-0.1, -0.05) is 11.6 Å². The summed E-state index contributed by atoms with van der Waals surface area (Å²) in [4.78, 5) is 0. The van der Waals surface area contributed by atoms with E-state index in [2.05, 4.69) is 18.7 Å². The zero-order valence-electron chi connectivity index (χ0n) is 4.96. The van der Waals surface area contributed by atoms with Crippen LogP contribution in [-0.4, -0.2) is 17.6 Å². The highest BCUT2D eigenvalue weighted by Gasteiger charge is 2.04. The van der Waals surface area contributed by atoms with Gasteiger partial charge in [0.25, 0.3) is 0 Å². The van der Waals surface area contributed by atoms with Crippen molar-refractivity contribution in [2.75, 3.05) is 0 Å². The van der Waals surface area contributed by atoms with Gasteiger partial charge < -0.3 is 0 Å². The lowest BCUT2D eigenvalue weighted by Gasteiger charge is -1.76. The van der Waals surface area contributed by atoms with Crippen molar-refractivity contribution in [3.63, 3.8) is 0 Å².